The standard InChI is InChI=1S/C17H18N2O3/c1-11-4-5-15(12(2)8-11)16(20)19-10-14-9-13(6-7-18-14)17(21)22-3/h4-9H,10H2,1-3H3,(H,19,20). The Hall–Kier alpha value is -2.69. The first-order chi connectivity index (χ1) is 10.5. The minimum Gasteiger partial charge on any atom is -0.465 e. The lowest BCUT2D eigenvalue weighted by molar-refractivity contribution is 0.0600. The zero-order chi connectivity index (χ0) is 16.1. The van der Waals surface area contributed by atoms with Crippen molar-refractivity contribution in [3.63, 3.8) is 0 Å². The molecule has 5 nitrogen and oxygen atoms in total. The molecule has 22 heavy (non-hydrogen) atoms. The van der Waals surface area contributed by atoms with E-state index in [1.807, 2.05) is 26.0 Å². The van der Waals surface area contributed by atoms with Crippen LogP contribution in [0.1, 0.15) is 37.5 Å². The van der Waals surface area contributed by atoms with Crippen LogP contribution in [0.5, 0.6) is 0 Å². The number of nitrogens with one attached hydrogen (secondary N) is 1. The van der Waals surface area contributed by atoms with Gasteiger partial charge in [0.1, 0.15) is 0 Å². The van der Waals surface area contributed by atoms with Crippen molar-refractivity contribution >= 4 is 11.9 Å². The Bertz CT molecular complexity index is 711. The molecule has 0 bridgehead atoms. The molecule has 0 fully saturated rings. The highest BCUT2D eigenvalue weighted by Gasteiger charge is 2.10. The van der Waals surface area contributed by atoms with Gasteiger partial charge in [-0.1, -0.05) is 17.7 Å². The second-order valence-corrected chi connectivity index (χ2v) is 5.03. The lowest BCUT2D eigenvalue weighted by atomic mass is 10.1. The maximum absolute atomic E-state index is 12.2. The Balaban J connectivity index is 2.06. The summed E-state index contributed by atoms with van der Waals surface area (Å²) in [5, 5.41) is 2.81. The molecule has 114 valence electrons. The third-order valence-corrected chi connectivity index (χ3v) is 3.29. The van der Waals surface area contributed by atoms with Crippen LogP contribution in [0.4, 0.5) is 0 Å². The van der Waals surface area contributed by atoms with Gasteiger partial charge in [0.15, 0.2) is 0 Å². The maximum Gasteiger partial charge on any atom is 0.337 e. The fourth-order valence-electron chi connectivity index (χ4n) is 2.15. The first-order valence-corrected chi connectivity index (χ1v) is 6.90. The van der Waals surface area contributed by atoms with Crippen molar-refractivity contribution in [2.45, 2.75) is 20.4 Å². The average Bonchev–Trinajstić information content (AvgIpc) is 2.52. The molecule has 0 saturated heterocycles. The van der Waals surface area contributed by atoms with Crippen LogP contribution in [0.15, 0.2) is 36.5 Å². The first kappa shape index (κ1) is 15.7. The van der Waals surface area contributed by atoms with Crippen LogP contribution in [0.3, 0.4) is 0 Å². The molecule has 5 heteroatoms. The van der Waals surface area contributed by atoms with Crippen LogP contribution >= 0.6 is 0 Å². The Morgan fingerprint density at radius 3 is 2.64 bits per heavy atom. The average molecular weight is 298 g/mol. The van der Waals surface area contributed by atoms with E-state index < -0.39 is 5.97 Å². The van der Waals surface area contributed by atoms with Crippen LogP contribution in [-0.2, 0) is 11.3 Å². The summed E-state index contributed by atoms with van der Waals surface area (Å²) >= 11 is 0. The van der Waals surface area contributed by atoms with Gasteiger partial charge < -0.3 is 10.1 Å². The van der Waals surface area contributed by atoms with Crippen molar-refractivity contribution in [2.75, 3.05) is 7.11 Å². The number of carbonyl (C=O) groups excluding carboxylic acids is 2. The summed E-state index contributed by atoms with van der Waals surface area (Å²) in [6.07, 6.45) is 1.52. The number of pyridine rings is 1. The molecule has 0 spiro atoms. The third kappa shape index (κ3) is 3.69. The number of benzene rings is 1. The van der Waals surface area contributed by atoms with Gasteiger partial charge in [0.2, 0.25) is 0 Å². The molecule has 0 aliphatic carbocycles. The summed E-state index contributed by atoms with van der Waals surface area (Å²) in [6.45, 7) is 4.13. The highest BCUT2D eigenvalue weighted by molar-refractivity contribution is 5.95. The number of hydrogen-bond acceptors (Lipinski definition) is 4. The van der Waals surface area contributed by atoms with E-state index in [0.717, 1.165) is 11.1 Å². The van der Waals surface area contributed by atoms with E-state index in [2.05, 4.69) is 15.0 Å². The molecule has 0 saturated carbocycles. The molecule has 1 heterocycles. The molecule has 0 radical (unpaired) electrons. The lowest BCUT2D eigenvalue weighted by Gasteiger charge is -2.08. The normalized spacial score (nSPS) is 10.1. The molecule has 2 aromatic rings. The van der Waals surface area contributed by atoms with Crippen LogP contribution < -0.4 is 5.32 Å². The zero-order valence-electron chi connectivity index (χ0n) is 12.8. The van der Waals surface area contributed by atoms with E-state index >= 15 is 0 Å². The van der Waals surface area contributed by atoms with Crippen LogP contribution in [0.2, 0.25) is 0 Å². The van der Waals surface area contributed by atoms with Gasteiger partial charge in [0.05, 0.1) is 24.9 Å². The van der Waals surface area contributed by atoms with Gasteiger partial charge in [-0.15, -0.1) is 0 Å². The molecule has 0 aliphatic heterocycles. The molecular weight excluding hydrogens is 280 g/mol. The number of aromatic nitrogens is 1. The number of aryl methyl sites for hydroxylation is 2. The molecule has 1 aromatic heterocycles. The van der Waals surface area contributed by atoms with E-state index in [9.17, 15) is 9.59 Å². The Morgan fingerprint density at radius 1 is 1.18 bits per heavy atom. The van der Waals surface area contributed by atoms with E-state index in [0.29, 0.717) is 16.8 Å². The van der Waals surface area contributed by atoms with Gasteiger partial charge in [0, 0.05) is 11.8 Å². The first-order valence-electron chi connectivity index (χ1n) is 6.90. The fourth-order valence-corrected chi connectivity index (χ4v) is 2.15. The molecule has 1 N–H and O–H groups in total. The van der Waals surface area contributed by atoms with Gasteiger partial charge in [-0.05, 0) is 37.6 Å². The fraction of sp³-hybridized carbons (Fsp3) is 0.235. The van der Waals surface area contributed by atoms with Crippen LogP contribution in [-0.4, -0.2) is 24.0 Å². The number of hydrogen-bond donors (Lipinski definition) is 1. The summed E-state index contributed by atoms with van der Waals surface area (Å²) in [5.74, 6) is -0.591. The monoisotopic (exact) mass is 298 g/mol. The number of amides is 1. The molecule has 1 amide bonds. The number of esters is 1. The maximum atomic E-state index is 12.2. The summed E-state index contributed by atoms with van der Waals surface area (Å²) < 4.78 is 4.66. The minimum absolute atomic E-state index is 0.164. The molecular formula is C17H18N2O3. The quantitative estimate of drug-likeness (QED) is 0.880. The smallest absolute Gasteiger partial charge is 0.337 e. The van der Waals surface area contributed by atoms with Gasteiger partial charge in [-0.3, -0.25) is 9.78 Å². The van der Waals surface area contributed by atoms with E-state index in [-0.39, 0.29) is 12.5 Å². The second kappa shape index (κ2) is 6.85. The van der Waals surface area contributed by atoms with E-state index in [1.54, 1.807) is 18.2 Å². The molecule has 0 unspecified atom stereocenters. The van der Waals surface area contributed by atoms with Gasteiger partial charge in [-0.2, -0.15) is 0 Å². The molecule has 2 rings (SSSR count). The zero-order valence-corrected chi connectivity index (χ0v) is 12.8. The summed E-state index contributed by atoms with van der Waals surface area (Å²) in [5.41, 5.74) is 3.68. The summed E-state index contributed by atoms with van der Waals surface area (Å²) in [4.78, 5) is 27.8. The van der Waals surface area contributed by atoms with Crippen molar-refractivity contribution in [3.8, 4) is 0 Å². The number of nitrogens with zero attached hydrogens (tertiary/aromatic N) is 1. The molecule has 0 atom stereocenters. The molecule has 1 aromatic carbocycles. The van der Waals surface area contributed by atoms with Crippen LogP contribution in [0, 0.1) is 13.8 Å². The van der Waals surface area contributed by atoms with E-state index in [4.69, 9.17) is 0 Å². The minimum atomic E-state index is -0.427. The van der Waals surface area contributed by atoms with Crippen molar-refractivity contribution in [1.82, 2.24) is 10.3 Å². The predicted molar refractivity (Wildman–Crippen MR) is 82.7 cm³/mol. The topological polar surface area (TPSA) is 68.3 Å². The Kier molecular flexibility index (Phi) is 4.88. The highest BCUT2D eigenvalue weighted by atomic mass is 16.5. The van der Waals surface area contributed by atoms with Gasteiger partial charge in [0.25, 0.3) is 5.91 Å². The second-order valence-electron chi connectivity index (χ2n) is 5.03. The van der Waals surface area contributed by atoms with Crippen LogP contribution in [0.25, 0.3) is 0 Å². The largest absolute Gasteiger partial charge is 0.465 e. The number of rotatable bonds is 4. The van der Waals surface area contributed by atoms with Gasteiger partial charge >= 0.3 is 5.97 Å². The SMILES string of the molecule is COC(=O)c1ccnc(CNC(=O)c2ccc(C)cc2C)c1. The van der Waals surface area contributed by atoms with Crippen molar-refractivity contribution in [3.05, 3.63) is 64.5 Å². The van der Waals surface area contributed by atoms with Crippen molar-refractivity contribution in [2.24, 2.45) is 0 Å². The number of ether oxygens (including phenoxy) is 1. The third-order valence-electron chi connectivity index (χ3n) is 3.29. The summed E-state index contributed by atoms with van der Waals surface area (Å²) in [7, 11) is 1.32. The Morgan fingerprint density at radius 2 is 1.95 bits per heavy atom. The van der Waals surface area contributed by atoms with Crippen molar-refractivity contribution in [1.29, 1.82) is 0 Å². The summed E-state index contributed by atoms with van der Waals surface area (Å²) in [6, 6.07) is 8.84. The molecule has 0 aliphatic rings. The number of methoxy groups -OCH3 is 1. The predicted octanol–water partition coefficient (Wildman–Crippen LogP) is 2.42. The van der Waals surface area contributed by atoms with E-state index in [1.165, 1.54) is 13.3 Å². The van der Waals surface area contributed by atoms with Gasteiger partial charge in [-0.25, -0.2) is 4.79 Å². The number of carbonyl (C=O) groups is 2. The Labute approximate surface area is 129 Å². The highest BCUT2D eigenvalue weighted by Crippen LogP contribution is 2.11. The van der Waals surface area contributed by atoms with Crippen molar-refractivity contribution < 1.29 is 14.3 Å². The lowest BCUT2D eigenvalue weighted by Crippen LogP contribution is -2.24.